The van der Waals surface area contributed by atoms with Gasteiger partial charge in [0.2, 0.25) is 0 Å². The Bertz CT molecular complexity index is 435. The highest BCUT2D eigenvalue weighted by molar-refractivity contribution is 5.87. The summed E-state index contributed by atoms with van der Waals surface area (Å²) >= 11 is 0. The normalized spacial score (nSPS) is 16.9. The molecule has 0 aromatic carbocycles. The van der Waals surface area contributed by atoms with Crippen molar-refractivity contribution in [3.8, 4) is 0 Å². The summed E-state index contributed by atoms with van der Waals surface area (Å²) in [5.41, 5.74) is 0. The van der Waals surface area contributed by atoms with Gasteiger partial charge in [0.05, 0.1) is 24.7 Å². The van der Waals surface area contributed by atoms with Crippen LogP contribution in [0.15, 0.2) is 0 Å². The van der Waals surface area contributed by atoms with Gasteiger partial charge in [-0.2, -0.15) is 0 Å². The molecule has 0 spiro atoms. The summed E-state index contributed by atoms with van der Waals surface area (Å²) in [5, 5.41) is 10.2. The van der Waals surface area contributed by atoms with Crippen LogP contribution >= 0.6 is 0 Å². The van der Waals surface area contributed by atoms with Crippen LogP contribution in [0, 0.1) is 5.92 Å². The first kappa shape index (κ1) is 23.4. The summed E-state index contributed by atoms with van der Waals surface area (Å²) in [7, 11) is 0. The van der Waals surface area contributed by atoms with Crippen molar-refractivity contribution in [3.63, 3.8) is 0 Å². The molecule has 0 radical (unpaired) electrons. The van der Waals surface area contributed by atoms with Crippen molar-refractivity contribution in [2.75, 3.05) is 0 Å². The average Bonchev–Trinajstić information content (AvgIpc) is 2.58. The van der Waals surface area contributed by atoms with Gasteiger partial charge in [0, 0.05) is 0 Å². The third kappa shape index (κ3) is 8.86. The van der Waals surface area contributed by atoms with Crippen LogP contribution in [0.2, 0.25) is 0 Å². The van der Waals surface area contributed by atoms with Gasteiger partial charge in [-0.15, -0.1) is 0 Å². The summed E-state index contributed by atoms with van der Waals surface area (Å²) in [6.45, 7) is 10.6. The van der Waals surface area contributed by atoms with E-state index in [0.29, 0.717) is 19.3 Å². The Kier molecular flexibility index (Phi) is 11.1. The number of carbonyl (C=O) groups excluding carboxylic acids is 3. The highest BCUT2D eigenvalue weighted by Gasteiger charge is 2.38. The molecule has 0 bridgehead atoms. The van der Waals surface area contributed by atoms with Gasteiger partial charge in [-0.3, -0.25) is 9.59 Å². The van der Waals surface area contributed by atoms with Gasteiger partial charge in [0.15, 0.2) is 6.10 Å². The van der Waals surface area contributed by atoms with E-state index in [1.807, 2.05) is 20.8 Å². The second-order valence-electron chi connectivity index (χ2n) is 6.28. The van der Waals surface area contributed by atoms with E-state index in [0.717, 1.165) is 0 Å². The first-order valence-corrected chi connectivity index (χ1v) is 8.94. The van der Waals surface area contributed by atoms with E-state index in [1.54, 1.807) is 20.8 Å². The van der Waals surface area contributed by atoms with E-state index in [4.69, 9.17) is 14.2 Å². The molecular weight excluding hydrogens is 328 g/mol. The molecule has 0 amide bonds. The largest absolute Gasteiger partial charge is 0.463 e. The second-order valence-corrected chi connectivity index (χ2v) is 6.28. The molecule has 0 aliphatic heterocycles. The maximum Gasteiger partial charge on any atom is 0.336 e. The highest BCUT2D eigenvalue weighted by Crippen LogP contribution is 2.18. The van der Waals surface area contributed by atoms with Crippen LogP contribution < -0.4 is 0 Å². The molecule has 0 fully saturated rings. The average molecular weight is 360 g/mol. The van der Waals surface area contributed by atoms with E-state index in [1.165, 1.54) is 0 Å². The third-order valence-electron chi connectivity index (χ3n) is 4.00. The van der Waals surface area contributed by atoms with Crippen molar-refractivity contribution in [2.45, 2.75) is 91.6 Å². The Balaban J connectivity index is 5.13. The molecule has 0 rings (SSSR count). The summed E-state index contributed by atoms with van der Waals surface area (Å²) in [6, 6.07) is 0. The molecule has 0 heterocycles. The molecule has 0 aliphatic carbocycles. The van der Waals surface area contributed by atoms with Gasteiger partial charge in [-0.1, -0.05) is 20.8 Å². The maximum absolute atomic E-state index is 12.3. The maximum atomic E-state index is 12.3. The molecule has 0 saturated heterocycles. The smallest absolute Gasteiger partial charge is 0.336 e. The van der Waals surface area contributed by atoms with Gasteiger partial charge in [-0.05, 0) is 40.0 Å². The van der Waals surface area contributed by atoms with E-state index < -0.39 is 48.6 Å². The molecule has 0 saturated carbocycles. The molecule has 146 valence electrons. The van der Waals surface area contributed by atoms with Gasteiger partial charge >= 0.3 is 17.9 Å². The lowest BCUT2D eigenvalue weighted by molar-refractivity contribution is -0.175. The van der Waals surface area contributed by atoms with Crippen LogP contribution in [0.1, 0.15) is 67.2 Å². The van der Waals surface area contributed by atoms with Gasteiger partial charge in [0.1, 0.15) is 5.92 Å². The van der Waals surface area contributed by atoms with Gasteiger partial charge < -0.3 is 19.3 Å². The number of rotatable bonds is 11. The fourth-order valence-electron chi connectivity index (χ4n) is 1.74. The van der Waals surface area contributed by atoms with Crippen LogP contribution in [0.4, 0.5) is 0 Å². The number of aliphatic hydroxyl groups excluding tert-OH is 1. The Hall–Kier alpha value is -1.63. The number of hydrogen-bond acceptors (Lipinski definition) is 7. The minimum absolute atomic E-state index is 0.317. The number of esters is 3. The van der Waals surface area contributed by atoms with E-state index in [-0.39, 0.29) is 6.10 Å². The molecule has 5 atom stereocenters. The fourth-order valence-corrected chi connectivity index (χ4v) is 1.74. The lowest BCUT2D eigenvalue weighted by atomic mass is 9.98. The Morgan fingerprint density at radius 1 is 0.760 bits per heavy atom. The minimum Gasteiger partial charge on any atom is -0.463 e. The zero-order valence-electron chi connectivity index (χ0n) is 16.1. The molecule has 0 aromatic heterocycles. The van der Waals surface area contributed by atoms with Gasteiger partial charge in [-0.25, -0.2) is 4.79 Å². The Morgan fingerprint density at radius 2 is 1.16 bits per heavy atom. The molecule has 0 aliphatic rings. The van der Waals surface area contributed by atoms with E-state index in [2.05, 4.69) is 0 Å². The fraction of sp³-hybridized carbons (Fsp3) is 0.833. The standard InChI is InChI=1S/C18H32O7/c1-7-11(4)23-15(19)10-14(17(21)24-12(5)8-2)16(20)18(22)25-13(6)9-3/h11-14,16,20H,7-10H2,1-6H3. The van der Waals surface area contributed by atoms with Crippen molar-refractivity contribution in [1.29, 1.82) is 0 Å². The number of aliphatic hydroxyl groups is 1. The molecule has 7 nitrogen and oxygen atoms in total. The van der Waals surface area contributed by atoms with Crippen molar-refractivity contribution in [1.82, 2.24) is 0 Å². The van der Waals surface area contributed by atoms with E-state index >= 15 is 0 Å². The first-order valence-electron chi connectivity index (χ1n) is 8.94. The summed E-state index contributed by atoms with van der Waals surface area (Å²) in [4.78, 5) is 36.3. The van der Waals surface area contributed by atoms with Crippen molar-refractivity contribution in [2.24, 2.45) is 5.92 Å². The summed E-state index contributed by atoms with van der Waals surface area (Å²) in [5.74, 6) is -3.79. The SMILES string of the molecule is CCC(C)OC(=O)CC(C(=O)OC(C)CC)C(O)C(=O)OC(C)CC. The Labute approximate surface area is 150 Å². The second kappa shape index (κ2) is 11.8. The molecule has 1 N–H and O–H groups in total. The topological polar surface area (TPSA) is 99.1 Å². The first-order chi connectivity index (χ1) is 11.7. The predicted molar refractivity (Wildman–Crippen MR) is 91.6 cm³/mol. The number of hydrogen-bond donors (Lipinski definition) is 1. The monoisotopic (exact) mass is 360 g/mol. The van der Waals surface area contributed by atoms with Crippen LogP contribution in [-0.4, -0.2) is 47.4 Å². The third-order valence-corrected chi connectivity index (χ3v) is 4.00. The van der Waals surface area contributed by atoms with Crippen LogP contribution in [0.3, 0.4) is 0 Å². The van der Waals surface area contributed by atoms with Crippen LogP contribution in [-0.2, 0) is 28.6 Å². The van der Waals surface area contributed by atoms with Crippen LogP contribution in [0.5, 0.6) is 0 Å². The minimum atomic E-state index is -1.78. The number of ether oxygens (including phenoxy) is 3. The zero-order valence-corrected chi connectivity index (χ0v) is 16.1. The molecule has 7 heteroatoms. The van der Waals surface area contributed by atoms with Crippen molar-refractivity contribution >= 4 is 17.9 Å². The van der Waals surface area contributed by atoms with Crippen LogP contribution in [0.25, 0.3) is 0 Å². The zero-order chi connectivity index (χ0) is 19.6. The molecular formula is C18H32O7. The summed E-state index contributed by atoms with van der Waals surface area (Å²) in [6.07, 6.45) is -1.58. The van der Waals surface area contributed by atoms with E-state index in [9.17, 15) is 19.5 Å². The number of carbonyl (C=O) groups is 3. The van der Waals surface area contributed by atoms with Gasteiger partial charge in [0.25, 0.3) is 0 Å². The van der Waals surface area contributed by atoms with Crippen molar-refractivity contribution in [3.05, 3.63) is 0 Å². The summed E-state index contributed by atoms with van der Waals surface area (Å²) < 4.78 is 15.4. The molecule has 0 aromatic rings. The lowest BCUT2D eigenvalue weighted by Gasteiger charge is -2.23. The quantitative estimate of drug-likeness (QED) is 0.446. The van der Waals surface area contributed by atoms with Crippen molar-refractivity contribution < 1.29 is 33.7 Å². The lowest BCUT2D eigenvalue weighted by Crippen LogP contribution is -2.40. The highest BCUT2D eigenvalue weighted by atomic mass is 16.6. The predicted octanol–water partition coefficient (Wildman–Crippen LogP) is 2.38. The molecule has 25 heavy (non-hydrogen) atoms. The molecule has 5 unspecified atom stereocenters. The Morgan fingerprint density at radius 3 is 1.60 bits per heavy atom.